The third-order valence-electron chi connectivity index (χ3n) is 10.4. The summed E-state index contributed by atoms with van der Waals surface area (Å²) in [6, 6.07) is 10.3. The minimum absolute atomic E-state index is 0.00306. The van der Waals surface area contributed by atoms with Crippen molar-refractivity contribution in [3.05, 3.63) is 35.9 Å². The smallest absolute Gasteiger partial charge is 0.237 e. The van der Waals surface area contributed by atoms with Gasteiger partial charge in [0.1, 0.15) is 0 Å². The number of nitrogens with zero attached hydrogens (tertiary/aromatic N) is 3. The van der Waals surface area contributed by atoms with Crippen LogP contribution in [0.4, 0.5) is 0 Å². The van der Waals surface area contributed by atoms with E-state index in [1.807, 2.05) is 56.2 Å². The Hall–Kier alpha value is -2.45. The van der Waals surface area contributed by atoms with Gasteiger partial charge in [-0.2, -0.15) is 0 Å². The highest BCUT2D eigenvalue weighted by Crippen LogP contribution is 2.32. The van der Waals surface area contributed by atoms with Gasteiger partial charge in [-0.25, -0.2) is 0 Å². The van der Waals surface area contributed by atoms with Crippen molar-refractivity contribution < 1.29 is 14.4 Å². The first-order valence-corrected chi connectivity index (χ1v) is 18.1. The molecule has 0 aliphatic rings. The molecular formula is C39H73N5O3. The summed E-state index contributed by atoms with van der Waals surface area (Å²) in [6.07, 6.45) is 7.18. The van der Waals surface area contributed by atoms with Crippen molar-refractivity contribution in [1.82, 2.24) is 25.3 Å². The summed E-state index contributed by atoms with van der Waals surface area (Å²) in [5, 5.41) is 5.81. The average Bonchev–Trinajstić information content (AvgIpc) is 3.04. The Bertz CT molecular complexity index is 1030. The zero-order valence-electron chi connectivity index (χ0n) is 32.8. The summed E-state index contributed by atoms with van der Waals surface area (Å²) in [6.45, 7) is 21.5. The molecule has 272 valence electrons. The molecule has 1 rings (SSSR count). The fraction of sp³-hybridized carbons (Fsp3) is 0.769. The maximum absolute atomic E-state index is 13.2. The van der Waals surface area contributed by atoms with Gasteiger partial charge in [-0.05, 0) is 55.7 Å². The van der Waals surface area contributed by atoms with Crippen LogP contribution in [0, 0.1) is 22.7 Å². The Kier molecular flexibility index (Phi) is 21.1. The first kappa shape index (κ1) is 44.5. The van der Waals surface area contributed by atoms with Gasteiger partial charge >= 0.3 is 0 Å². The molecule has 0 radical (unpaired) electrons. The molecule has 1 aromatic carbocycles. The normalized spacial score (nSPS) is 14.4. The Morgan fingerprint density at radius 2 is 1.45 bits per heavy atom. The Morgan fingerprint density at radius 1 is 0.851 bits per heavy atom. The van der Waals surface area contributed by atoms with E-state index < -0.39 is 0 Å². The molecule has 3 amide bonds. The molecule has 47 heavy (non-hydrogen) atoms. The molecule has 2 unspecified atom stereocenters. The second-order valence-electron chi connectivity index (χ2n) is 15.0. The van der Waals surface area contributed by atoms with Crippen LogP contribution in [0.3, 0.4) is 0 Å². The molecule has 0 spiro atoms. The van der Waals surface area contributed by atoms with E-state index in [9.17, 15) is 14.4 Å². The van der Waals surface area contributed by atoms with E-state index in [4.69, 9.17) is 0 Å². The van der Waals surface area contributed by atoms with Crippen molar-refractivity contribution in [2.24, 2.45) is 22.7 Å². The van der Waals surface area contributed by atoms with Crippen LogP contribution in [0.1, 0.15) is 106 Å². The standard InChI is InChI=1S/C25H51N3O2.C14H22N2O/c1-11-14-15-17-27(9)23(29)19-26(8)18-16-22(20(4)12-2)28(10)24(30)21(5)25(6,7)13-3;1-14(2,12(15-3)13(17)16-4)10-11-8-6-5-7-9-11/h20-22H,11-19H2,1-10H3;5-9,12,15H,10H2,1-4H3,(H,16,17)/t20?,21?,22-;12-/m11/s1. The molecule has 1 aromatic rings. The number of hydrogen-bond donors (Lipinski definition) is 2. The molecule has 0 fully saturated rings. The van der Waals surface area contributed by atoms with Crippen LogP contribution in [0.15, 0.2) is 30.3 Å². The lowest BCUT2D eigenvalue weighted by atomic mass is 9.76. The van der Waals surface area contributed by atoms with Gasteiger partial charge in [-0.3, -0.25) is 19.3 Å². The van der Waals surface area contributed by atoms with E-state index in [1.165, 1.54) is 12.0 Å². The SMILES string of the molecule is CCCCCN(C)C(=O)CN(C)CC[C@H](C(C)CC)N(C)C(=O)C(C)C(C)(C)CC.CNC(=O)[C@@H](NC)C(C)(C)Cc1ccccc1. The van der Waals surface area contributed by atoms with E-state index in [0.29, 0.717) is 12.5 Å². The fourth-order valence-corrected chi connectivity index (χ4v) is 5.99. The fourth-order valence-electron chi connectivity index (χ4n) is 5.99. The average molecular weight is 660 g/mol. The van der Waals surface area contributed by atoms with Crippen molar-refractivity contribution in [3.63, 3.8) is 0 Å². The second-order valence-corrected chi connectivity index (χ2v) is 15.0. The number of unbranched alkanes of at least 4 members (excludes halogenated alkanes) is 2. The van der Waals surface area contributed by atoms with E-state index in [2.05, 4.69) is 90.0 Å². The lowest BCUT2D eigenvalue weighted by Gasteiger charge is -2.39. The first-order valence-electron chi connectivity index (χ1n) is 18.1. The number of carbonyl (C=O) groups is 3. The van der Waals surface area contributed by atoms with E-state index in [-0.39, 0.29) is 46.6 Å². The second kappa shape index (κ2) is 22.2. The summed E-state index contributed by atoms with van der Waals surface area (Å²) in [5.41, 5.74) is 1.12. The van der Waals surface area contributed by atoms with Gasteiger partial charge in [0.2, 0.25) is 17.7 Å². The van der Waals surface area contributed by atoms with Crippen molar-refractivity contribution >= 4 is 17.7 Å². The number of benzene rings is 1. The summed E-state index contributed by atoms with van der Waals surface area (Å²) in [5.74, 6) is 0.873. The molecular weight excluding hydrogens is 586 g/mol. The number of amides is 3. The van der Waals surface area contributed by atoms with Crippen molar-refractivity contribution in [2.45, 2.75) is 119 Å². The van der Waals surface area contributed by atoms with Gasteiger partial charge in [0.05, 0.1) is 12.6 Å². The van der Waals surface area contributed by atoms with Gasteiger partial charge in [0, 0.05) is 46.2 Å². The number of carbonyl (C=O) groups excluding carboxylic acids is 3. The summed E-state index contributed by atoms with van der Waals surface area (Å²) < 4.78 is 0. The third kappa shape index (κ3) is 15.5. The quantitative estimate of drug-likeness (QED) is 0.156. The van der Waals surface area contributed by atoms with Gasteiger partial charge in [0.15, 0.2) is 0 Å². The molecule has 0 saturated carbocycles. The highest BCUT2D eigenvalue weighted by molar-refractivity contribution is 5.82. The monoisotopic (exact) mass is 660 g/mol. The number of likely N-dealkylation sites (N-methyl/N-ethyl adjacent to an activating group) is 4. The lowest BCUT2D eigenvalue weighted by Crippen LogP contribution is -2.51. The lowest BCUT2D eigenvalue weighted by molar-refractivity contribution is -0.141. The van der Waals surface area contributed by atoms with Crippen LogP contribution in [-0.4, -0.2) is 99.4 Å². The van der Waals surface area contributed by atoms with Crippen LogP contribution in [-0.2, 0) is 20.8 Å². The topological polar surface area (TPSA) is 85.0 Å². The molecule has 8 heteroatoms. The van der Waals surface area contributed by atoms with Gasteiger partial charge in [0.25, 0.3) is 0 Å². The van der Waals surface area contributed by atoms with E-state index in [1.54, 1.807) is 7.05 Å². The molecule has 2 N–H and O–H groups in total. The molecule has 0 heterocycles. The van der Waals surface area contributed by atoms with E-state index >= 15 is 0 Å². The van der Waals surface area contributed by atoms with Crippen LogP contribution in [0.2, 0.25) is 0 Å². The van der Waals surface area contributed by atoms with Crippen LogP contribution in [0.25, 0.3) is 0 Å². The van der Waals surface area contributed by atoms with Gasteiger partial charge in [-0.15, -0.1) is 0 Å². The summed E-state index contributed by atoms with van der Waals surface area (Å²) in [7, 11) is 9.37. The minimum atomic E-state index is -0.187. The maximum atomic E-state index is 13.2. The predicted octanol–water partition coefficient (Wildman–Crippen LogP) is 6.49. The number of nitrogens with one attached hydrogen (secondary N) is 2. The van der Waals surface area contributed by atoms with Gasteiger partial charge < -0.3 is 20.4 Å². The molecule has 0 aliphatic carbocycles. The van der Waals surface area contributed by atoms with Crippen LogP contribution in [0.5, 0.6) is 0 Å². The molecule has 0 aliphatic heterocycles. The van der Waals surface area contributed by atoms with E-state index in [0.717, 1.165) is 51.6 Å². The number of rotatable bonds is 20. The molecule has 0 saturated heterocycles. The minimum Gasteiger partial charge on any atom is -0.358 e. The highest BCUT2D eigenvalue weighted by atomic mass is 16.2. The molecule has 8 nitrogen and oxygen atoms in total. The zero-order valence-corrected chi connectivity index (χ0v) is 32.8. The molecule has 4 atom stereocenters. The van der Waals surface area contributed by atoms with Gasteiger partial charge in [-0.1, -0.05) is 118 Å². The van der Waals surface area contributed by atoms with Crippen LogP contribution < -0.4 is 10.6 Å². The highest BCUT2D eigenvalue weighted by Gasteiger charge is 2.35. The largest absolute Gasteiger partial charge is 0.358 e. The first-order chi connectivity index (χ1) is 21.9. The maximum Gasteiger partial charge on any atom is 0.237 e. The Morgan fingerprint density at radius 3 is 1.94 bits per heavy atom. The molecule has 0 bridgehead atoms. The summed E-state index contributed by atoms with van der Waals surface area (Å²) in [4.78, 5) is 43.4. The predicted molar refractivity (Wildman–Crippen MR) is 199 cm³/mol. The molecule has 0 aromatic heterocycles. The Balaban J connectivity index is 0.00000105. The zero-order chi connectivity index (χ0) is 36.4. The van der Waals surface area contributed by atoms with Crippen molar-refractivity contribution in [2.75, 3.05) is 54.9 Å². The number of hydrogen-bond acceptors (Lipinski definition) is 5. The summed E-state index contributed by atoms with van der Waals surface area (Å²) >= 11 is 0. The van der Waals surface area contributed by atoms with Crippen molar-refractivity contribution in [3.8, 4) is 0 Å². The Labute approximate surface area is 289 Å². The third-order valence-corrected chi connectivity index (χ3v) is 10.4. The van der Waals surface area contributed by atoms with Crippen molar-refractivity contribution in [1.29, 1.82) is 0 Å². The van der Waals surface area contributed by atoms with Crippen LogP contribution >= 0.6 is 0 Å².